The third-order valence-corrected chi connectivity index (χ3v) is 7.56. The zero-order valence-electron chi connectivity index (χ0n) is 17.0. The first-order valence-electron chi connectivity index (χ1n) is 10.1. The highest BCUT2D eigenvalue weighted by atomic mass is 32.2. The van der Waals surface area contributed by atoms with Crippen LogP contribution in [0.2, 0.25) is 0 Å². The number of carbonyl (C=O) groups is 2. The van der Waals surface area contributed by atoms with Crippen LogP contribution < -0.4 is 5.32 Å². The Bertz CT molecular complexity index is 1280. The van der Waals surface area contributed by atoms with Crippen molar-refractivity contribution < 1.29 is 18.0 Å². The Balaban J connectivity index is 1.25. The van der Waals surface area contributed by atoms with Gasteiger partial charge in [-0.1, -0.05) is 0 Å². The molecule has 3 aromatic rings. The van der Waals surface area contributed by atoms with Gasteiger partial charge in [0, 0.05) is 37.4 Å². The third kappa shape index (κ3) is 3.65. The Labute approximate surface area is 184 Å². The summed E-state index contributed by atoms with van der Waals surface area (Å²) in [5, 5.41) is 6.76. The topological polar surface area (TPSA) is 118 Å². The molecule has 2 amide bonds. The zero-order valence-corrected chi connectivity index (χ0v) is 17.8. The molecule has 0 saturated carbocycles. The second kappa shape index (κ2) is 7.84. The number of benzene rings is 2. The van der Waals surface area contributed by atoms with Gasteiger partial charge >= 0.3 is 0 Å². The molecule has 0 bridgehead atoms. The van der Waals surface area contributed by atoms with Gasteiger partial charge in [-0.05, 0) is 48.0 Å². The van der Waals surface area contributed by atoms with Gasteiger partial charge in [-0.3, -0.25) is 9.59 Å². The van der Waals surface area contributed by atoms with E-state index in [2.05, 4.69) is 15.4 Å². The van der Waals surface area contributed by atoms with E-state index in [1.165, 1.54) is 16.7 Å². The molecule has 0 unspecified atom stereocenters. The molecule has 5 rings (SSSR count). The molecule has 1 fully saturated rings. The zero-order chi connectivity index (χ0) is 22.3. The monoisotopic (exact) mass is 452 g/mol. The van der Waals surface area contributed by atoms with Crippen LogP contribution in [-0.2, 0) is 21.2 Å². The Hall–Kier alpha value is -3.57. The van der Waals surface area contributed by atoms with Gasteiger partial charge in [0.15, 0.2) is 0 Å². The fourth-order valence-electron chi connectivity index (χ4n) is 3.93. The van der Waals surface area contributed by atoms with E-state index in [0.717, 1.165) is 5.69 Å². The summed E-state index contributed by atoms with van der Waals surface area (Å²) in [5.41, 5.74) is 2.65. The van der Waals surface area contributed by atoms with Crippen LogP contribution in [0.25, 0.3) is 5.69 Å². The SMILES string of the molecule is O=C1Cc2cc(S(=O)(=O)N3CCN(C(=O)c4ccc(-n5cncn5)cc4)CC3)ccc2N1. The molecule has 10 nitrogen and oxygen atoms in total. The molecule has 2 aliphatic rings. The minimum atomic E-state index is -3.70. The molecular weight excluding hydrogens is 432 g/mol. The average Bonchev–Trinajstić information content (AvgIpc) is 3.47. The number of rotatable bonds is 4. The lowest BCUT2D eigenvalue weighted by Crippen LogP contribution is -2.50. The molecule has 1 aromatic heterocycles. The Morgan fingerprint density at radius 2 is 1.75 bits per heavy atom. The van der Waals surface area contributed by atoms with Crippen molar-refractivity contribution in [2.75, 3.05) is 31.5 Å². The molecule has 2 aromatic carbocycles. The predicted molar refractivity (Wildman–Crippen MR) is 115 cm³/mol. The number of hydrogen-bond acceptors (Lipinski definition) is 6. The standard InChI is InChI=1S/C21H20N6O4S/c28-20-12-16-11-18(5-6-19(16)24-20)32(30,31)26-9-7-25(8-10-26)21(29)15-1-3-17(4-2-15)27-14-22-13-23-27/h1-6,11,13-14H,7-10,12H2,(H,24,28). The average molecular weight is 452 g/mol. The second-order valence-corrected chi connectivity index (χ2v) is 9.57. The molecule has 11 heteroatoms. The first-order chi connectivity index (χ1) is 15.4. The summed E-state index contributed by atoms with van der Waals surface area (Å²) >= 11 is 0. The van der Waals surface area contributed by atoms with Crippen LogP contribution in [0.1, 0.15) is 15.9 Å². The molecule has 1 N–H and O–H groups in total. The predicted octanol–water partition coefficient (Wildman–Crippen LogP) is 0.909. The van der Waals surface area contributed by atoms with E-state index >= 15 is 0 Å². The molecule has 0 atom stereocenters. The van der Waals surface area contributed by atoms with Crippen molar-refractivity contribution in [1.29, 1.82) is 0 Å². The van der Waals surface area contributed by atoms with Gasteiger partial charge < -0.3 is 10.2 Å². The van der Waals surface area contributed by atoms with E-state index in [0.29, 0.717) is 29.9 Å². The van der Waals surface area contributed by atoms with E-state index in [-0.39, 0.29) is 36.2 Å². The lowest BCUT2D eigenvalue weighted by atomic mass is 10.1. The van der Waals surface area contributed by atoms with E-state index < -0.39 is 10.0 Å². The van der Waals surface area contributed by atoms with Crippen molar-refractivity contribution in [2.45, 2.75) is 11.3 Å². The van der Waals surface area contributed by atoms with Crippen molar-refractivity contribution in [3.63, 3.8) is 0 Å². The molecule has 2 aliphatic heterocycles. The smallest absolute Gasteiger partial charge is 0.253 e. The first kappa shape index (κ1) is 20.3. The summed E-state index contributed by atoms with van der Waals surface area (Å²) in [5.74, 6) is -0.287. The fourth-order valence-corrected chi connectivity index (χ4v) is 5.40. The third-order valence-electron chi connectivity index (χ3n) is 5.66. The highest BCUT2D eigenvalue weighted by Crippen LogP contribution is 2.27. The number of hydrogen-bond donors (Lipinski definition) is 1. The Kier molecular flexibility index (Phi) is 4.98. The molecule has 3 heterocycles. The Morgan fingerprint density at radius 1 is 1.00 bits per heavy atom. The molecule has 32 heavy (non-hydrogen) atoms. The van der Waals surface area contributed by atoms with E-state index in [1.54, 1.807) is 52.3 Å². The normalized spacial score (nSPS) is 16.6. The van der Waals surface area contributed by atoms with Gasteiger partial charge in [-0.15, -0.1) is 0 Å². The maximum absolute atomic E-state index is 13.1. The molecule has 0 spiro atoms. The van der Waals surface area contributed by atoms with Crippen molar-refractivity contribution in [1.82, 2.24) is 24.0 Å². The quantitative estimate of drug-likeness (QED) is 0.629. The number of anilines is 1. The summed E-state index contributed by atoms with van der Waals surface area (Å²) in [6.45, 7) is 1.01. The Morgan fingerprint density at radius 3 is 2.44 bits per heavy atom. The highest BCUT2D eigenvalue weighted by molar-refractivity contribution is 7.89. The van der Waals surface area contributed by atoms with Crippen LogP contribution in [0.15, 0.2) is 60.0 Å². The minimum absolute atomic E-state index is 0.143. The summed E-state index contributed by atoms with van der Waals surface area (Å²) < 4.78 is 29.1. The molecular formula is C21H20N6O4S. The van der Waals surface area contributed by atoms with Crippen molar-refractivity contribution in [3.05, 3.63) is 66.2 Å². The number of aromatic nitrogens is 3. The lowest BCUT2D eigenvalue weighted by molar-refractivity contribution is -0.115. The summed E-state index contributed by atoms with van der Waals surface area (Å²) in [6, 6.07) is 11.7. The number of piperazine rings is 1. The van der Waals surface area contributed by atoms with Crippen LogP contribution in [0.5, 0.6) is 0 Å². The second-order valence-electron chi connectivity index (χ2n) is 7.63. The van der Waals surface area contributed by atoms with E-state index in [1.807, 2.05) is 0 Å². The fraction of sp³-hybridized carbons (Fsp3) is 0.238. The summed E-state index contributed by atoms with van der Waals surface area (Å²) in [7, 11) is -3.70. The van der Waals surface area contributed by atoms with Gasteiger partial charge in [-0.25, -0.2) is 18.1 Å². The van der Waals surface area contributed by atoms with Gasteiger partial charge in [0.05, 0.1) is 17.0 Å². The highest BCUT2D eigenvalue weighted by Gasteiger charge is 2.31. The molecule has 1 saturated heterocycles. The maximum Gasteiger partial charge on any atom is 0.253 e. The molecule has 0 aliphatic carbocycles. The molecule has 0 radical (unpaired) electrons. The molecule has 164 valence electrons. The number of nitrogens with zero attached hydrogens (tertiary/aromatic N) is 5. The van der Waals surface area contributed by atoms with Gasteiger partial charge in [0.2, 0.25) is 15.9 Å². The van der Waals surface area contributed by atoms with Crippen LogP contribution in [-0.4, -0.2) is 70.4 Å². The van der Waals surface area contributed by atoms with Crippen LogP contribution in [0, 0.1) is 0 Å². The van der Waals surface area contributed by atoms with E-state index in [9.17, 15) is 18.0 Å². The van der Waals surface area contributed by atoms with Crippen molar-refractivity contribution >= 4 is 27.5 Å². The number of fused-ring (bicyclic) bond motifs is 1. The number of carbonyl (C=O) groups excluding carboxylic acids is 2. The van der Waals surface area contributed by atoms with Gasteiger partial charge in [-0.2, -0.15) is 9.40 Å². The number of nitrogens with one attached hydrogen (secondary N) is 1. The summed E-state index contributed by atoms with van der Waals surface area (Å²) in [6.07, 6.45) is 3.19. The maximum atomic E-state index is 13.1. The van der Waals surface area contributed by atoms with Crippen LogP contribution in [0.4, 0.5) is 5.69 Å². The van der Waals surface area contributed by atoms with Gasteiger partial charge in [0.1, 0.15) is 12.7 Å². The van der Waals surface area contributed by atoms with Crippen molar-refractivity contribution in [2.24, 2.45) is 0 Å². The number of sulfonamides is 1. The van der Waals surface area contributed by atoms with Crippen molar-refractivity contribution in [3.8, 4) is 5.69 Å². The van der Waals surface area contributed by atoms with Gasteiger partial charge in [0.25, 0.3) is 5.91 Å². The minimum Gasteiger partial charge on any atom is -0.336 e. The van der Waals surface area contributed by atoms with Crippen LogP contribution >= 0.6 is 0 Å². The van der Waals surface area contributed by atoms with Crippen LogP contribution in [0.3, 0.4) is 0 Å². The lowest BCUT2D eigenvalue weighted by Gasteiger charge is -2.34. The summed E-state index contributed by atoms with van der Waals surface area (Å²) in [4.78, 5) is 30.1. The largest absolute Gasteiger partial charge is 0.336 e. The first-order valence-corrected chi connectivity index (χ1v) is 11.5. The van der Waals surface area contributed by atoms with E-state index in [4.69, 9.17) is 0 Å². The number of amides is 2.